The molecule has 3 rings (SSSR count). The van der Waals surface area contributed by atoms with Crippen molar-refractivity contribution >= 4 is 17.5 Å². The minimum Gasteiger partial charge on any atom is -0.341 e. The Morgan fingerprint density at radius 2 is 2.04 bits per heavy atom. The second kappa shape index (κ2) is 6.60. The van der Waals surface area contributed by atoms with Crippen molar-refractivity contribution in [1.29, 1.82) is 0 Å². The third kappa shape index (κ3) is 3.12. The Kier molecular flexibility index (Phi) is 4.52. The summed E-state index contributed by atoms with van der Waals surface area (Å²) in [6.07, 6.45) is 7.29. The molecule has 2 saturated heterocycles. The first-order chi connectivity index (χ1) is 11.5. The van der Waals surface area contributed by atoms with Crippen molar-refractivity contribution in [3.8, 4) is 12.3 Å². The molecular formula is C18H18F2N2O2. The van der Waals surface area contributed by atoms with Gasteiger partial charge in [0.15, 0.2) is 11.6 Å². The number of nitrogens with zero attached hydrogens (tertiary/aromatic N) is 2. The minimum atomic E-state index is -1.01. The van der Waals surface area contributed by atoms with Gasteiger partial charge in [-0.1, -0.05) is 0 Å². The predicted molar refractivity (Wildman–Crippen MR) is 85.0 cm³/mol. The quantitative estimate of drug-likeness (QED) is 0.779. The summed E-state index contributed by atoms with van der Waals surface area (Å²) in [7, 11) is 0. The minimum absolute atomic E-state index is 0.0575. The van der Waals surface area contributed by atoms with Crippen LogP contribution in [0.25, 0.3) is 0 Å². The largest absolute Gasteiger partial charge is 0.341 e. The van der Waals surface area contributed by atoms with Gasteiger partial charge in [0.2, 0.25) is 11.8 Å². The number of anilines is 1. The third-order valence-corrected chi connectivity index (χ3v) is 4.66. The molecule has 2 heterocycles. The van der Waals surface area contributed by atoms with Crippen molar-refractivity contribution in [3.05, 3.63) is 29.8 Å². The second-order valence-electron chi connectivity index (χ2n) is 6.29. The normalized spacial score (nSPS) is 24.1. The molecule has 2 atom stereocenters. The first-order valence-electron chi connectivity index (χ1n) is 8.00. The zero-order valence-corrected chi connectivity index (χ0v) is 13.2. The van der Waals surface area contributed by atoms with Crippen molar-refractivity contribution in [3.63, 3.8) is 0 Å². The summed E-state index contributed by atoms with van der Waals surface area (Å²) in [5.41, 5.74) is 0.273. The third-order valence-electron chi connectivity index (χ3n) is 4.66. The monoisotopic (exact) mass is 332 g/mol. The second-order valence-corrected chi connectivity index (χ2v) is 6.29. The number of rotatable bonds is 2. The van der Waals surface area contributed by atoms with Crippen molar-refractivity contribution in [2.75, 3.05) is 24.5 Å². The summed E-state index contributed by atoms with van der Waals surface area (Å²) in [5, 5.41) is 0. The van der Waals surface area contributed by atoms with Gasteiger partial charge in [0.1, 0.15) is 0 Å². The number of amides is 2. The van der Waals surface area contributed by atoms with E-state index in [1.165, 1.54) is 11.0 Å². The average molecular weight is 332 g/mol. The van der Waals surface area contributed by atoms with E-state index in [-0.39, 0.29) is 36.4 Å². The van der Waals surface area contributed by atoms with Gasteiger partial charge in [0.05, 0.1) is 5.92 Å². The fourth-order valence-corrected chi connectivity index (χ4v) is 3.35. The Morgan fingerprint density at radius 1 is 1.25 bits per heavy atom. The molecule has 0 spiro atoms. The molecule has 0 aliphatic carbocycles. The number of carbonyl (C=O) groups is 2. The number of likely N-dealkylation sites (tertiary alicyclic amines) is 1. The Morgan fingerprint density at radius 3 is 2.75 bits per heavy atom. The lowest BCUT2D eigenvalue weighted by molar-refractivity contribution is -0.137. The molecule has 0 bridgehead atoms. The summed E-state index contributed by atoms with van der Waals surface area (Å²) < 4.78 is 26.4. The van der Waals surface area contributed by atoms with Gasteiger partial charge < -0.3 is 9.80 Å². The summed E-state index contributed by atoms with van der Waals surface area (Å²) >= 11 is 0. The summed E-state index contributed by atoms with van der Waals surface area (Å²) in [6, 6.07) is 3.31. The number of benzene rings is 1. The summed E-state index contributed by atoms with van der Waals surface area (Å²) in [4.78, 5) is 27.9. The molecule has 0 N–H and O–H groups in total. The van der Waals surface area contributed by atoms with E-state index in [0.29, 0.717) is 13.1 Å². The molecule has 0 radical (unpaired) electrons. The van der Waals surface area contributed by atoms with Gasteiger partial charge in [0.25, 0.3) is 0 Å². The van der Waals surface area contributed by atoms with Crippen molar-refractivity contribution < 1.29 is 18.4 Å². The van der Waals surface area contributed by atoms with Gasteiger partial charge in [0, 0.05) is 43.7 Å². The lowest BCUT2D eigenvalue weighted by Gasteiger charge is -2.32. The maximum Gasteiger partial charge on any atom is 0.228 e. The maximum absolute atomic E-state index is 13.4. The zero-order valence-electron chi connectivity index (χ0n) is 13.2. The highest BCUT2D eigenvalue weighted by Gasteiger charge is 2.38. The van der Waals surface area contributed by atoms with Crippen LogP contribution < -0.4 is 4.90 Å². The molecule has 126 valence electrons. The first kappa shape index (κ1) is 16.4. The van der Waals surface area contributed by atoms with E-state index in [1.54, 1.807) is 4.90 Å². The number of hydrogen-bond acceptors (Lipinski definition) is 2. The molecule has 0 saturated carbocycles. The predicted octanol–water partition coefficient (Wildman–Crippen LogP) is 2.19. The highest BCUT2D eigenvalue weighted by atomic mass is 19.2. The van der Waals surface area contributed by atoms with Crippen molar-refractivity contribution in [2.45, 2.75) is 19.3 Å². The van der Waals surface area contributed by atoms with E-state index in [2.05, 4.69) is 5.92 Å². The van der Waals surface area contributed by atoms with Crippen LogP contribution in [-0.4, -0.2) is 36.3 Å². The molecule has 0 unspecified atom stereocenters. The van der Waals surface area contributed by atoms with Crippen LogP contribution in [0, 0.1) is 35.8 Å². The fraction of sp³-hybridized carbons (Fsp3) is 0.444. The van der Waals surface area contributed by atoms with Crippen molar-refractivity contribution in [2.24, 2.45) is 11.8 Å². The Labute approximate surface area is 139 Å². The smallest absolute Gasteiger partial charge is 0.228 e. The van der Waals surface area contributed by atoms with E-state index in [9.17, 15) is 18.4 Å². The van der Waals surface area contributed by atoms with Crippen LogP contribution in [0.4, 0.5) is 14.5 Å². The topological polar surface area (TPSA) is 40.6 Å². The van der Waals surface area contributed by atoms with Gasteiger partial charge in [-0.3, -0.25) is 9.59 Å². The Bertz CT molecular complexity index is 713. The van der Waals surface area contributed by atoms with Gasteiger partial charge in [-0.25, -0.2) is 8.78 Å². The number of terminal acetylenes is 1. The van der Waals surface area contributed by atoms with Crippen LogP contribution in [0.1, 0.15) is 19.3 Å². The standard InChI is InChI=1S/C18H18F2N2O2/c1-2-12-4-3-7-21(10-12)18(24)13-8-17(23)22(11-13)14-5-6-15(19)16(20)9-14/h1,5-6,9,12-13H,3-4,7-8,10-11H2/t12-,13-/m0/s1. The lowest BCUT2D eigenvalue weighted by Crippen LogP contribution is -2.43. The zero-order chi connectivity index (χ0) is 17.3. The van der Waals surface area contributed by atoms with Gasteiger partial charge >= 0.3 is 0 Å². The fourth-order valence-electron chi connectivity index (χ4n) is 3.35. The number of piperidine rings is 1. The van der Waals surface area contributed by atoms with E-state index in [0.717, 1.165) is 25.0 Å². The van der Waals surface area contributed by atoms with E-state index >= 15 is 0 Å². The molecule has 2 aliphatic rings. The van der Waals surface area contributed by atoms with Gasteiger partial charge in [-0.15, -0.1) is 12.3 Å². The molecule has 2 amide bonds. The van der Waals surface area contributed by atoms with Crippen LogP contribution in [0.15, 0.2) is 18.2 Å². The van der Waals surface area contributed by atoms with Crippen LogP contribution in [0.3, 0.4) is 0 Å². The number of carbonyl (C=O) groups excluding carboxylic acids is 2. The SMILES string of the molecule is C#C[C@H]1CCCN(C(=O)[C@H]2CC(=O)N(c3ccc(F)c(F)c3)C2)C1. The number of hydrogen-bond donors (Lipinski definition) is 0. The maximum atomic E-state index is 13.4. The molecule has 1 aromatic rings. The van der Waals surface area contributed by atoms with E-state index < -0.39 is 17.6 Å². The lowest BCUT2D eigenvalue weighted by atomic mass is 9.97. The van der Waals surface area contributed by atoms with Crippen LogP contribution in [-0.2, 0) is 9.59 Å². The van der Waals surface area contributed by atoms with Gasteiger partial charge in [-0.2, -0.15) is 0 Å². The molecular weight excluding hydrogens is 314 g/mol. The molecule has 1 aromatic carbocycles. The highest BCUT2D eigenvalue weighted by Crippen LogP contribution is 2.28. The Balaban J connectivity index is 1.71. The first-order valence-corrected chi connectivity index (χ1v) is 8.00. The molecule has 6 heteroatoms. The molecule has 4 nitrogen and oxygen atoms in total. The van der Waals surface area contributed by atoms with Crippen LogP contribution >= 0.6 is 0 Å². The molecule has 2 fully saturated rings. The van der Waals surface area contributed by atoms with Crippen LogP contribution in [0.5, 0.6) is 0 Å². The average Bonchev–Trinajstić information content (AvgIpc) is 2.98. The van der Waals surface area contributed by atoms with Crippen LogP contribution in [0.2, 0.25) is 0 Å². The highest BCUT2D eigenvalue weighted by molar-refractivity contribution is 6.00. The van der Waals surface area contributed by atoms with E-state index in [4.69, 9.17) is 6.42 Å². The van der Waals surface area contributed by atoms with E-state index in [1.807, 2.05) is 0 Å². The summed E-state index contributed by atoms with van der Waals surface area (Å²) in [6.45, 7) is 1.35. The Hall–Kier alpha value is -2.42. The van der Waals surface area contributed by atoms with Crippen molar-refractivity contribution in [1.82, 2.24) is 4.90 Å². The number of halogens is 2. The molecule has 2 aliphatic heterocycles. The molecule has 0 aromatic heterocycles. The van der Waals surface area contributed by atoms with Gasteiger partial charge in [-0.05, 0) is 25.0 Å². The summed E-state index contributed by atoms with van der Waals surface area (Å²) in [5.74, 6) is -0.0529. The molecule has 24 heavy (non-hydrogen) atoms.